The van der Waals surface area contributed by atoms with Crippen molar-refractivity contribution >= 4 is 11.6 Å². The smallest absolute Gasteiger partial charge is 0.221 e. The minimum absolute atomic E-state index is 0.00131. The van der Waals surface area contributed by atoms with Gasteiger partial charge in [0.15, 0.2) is 0 Å². The Balaban J connectivity index is 2.62. The Morgan fingerprint density at radius 1 is 1.69 bits per heavy atom. The molecule has 0 bridgehead atoms. The van der Waals surface area contributed by atoms with Crippen molar-refractivity contribution in [2.45, 2.75) is 6.42 Å². The van der Waals surface area contributed by atoms with Crippen LogP contribution < -0.4 is 10.2 Å². The molecule has 5 heteroatoms. The summed E-state index contributed by atoms with van der Waals surface area (Å²) < 4.78 is 0. The zero-order chi connectivity index (χ0) is 12.0. The molecule has 0 aliphatic heterocycles. The molecule has 1 heterocycles. The van der Waals surface area contributed by atoms with Crippen molar-refractivity contribution in [3.63, 3.8) is 0 Å². The van der Waals surface area contributed by atoms with E-state index in [1.54, 1.807) is 19.3 Å². The molecule has 84 valence electrons. The maximum absolute atomic E-state index is 11.1. The van der Waals surface area contributed by atoms with E-state index in [0.29, 0.717) is 18.7 Å². The Hall–Kier alpha value is -2.09. The lowest BCUT2D eigenvalue weighted by atomic mass is 10.3. The molecule has 0 unspecified atom stereocenters. The molecule has 0 atom stereocenters. The van der Waals surface area contributed by atoms with Gasteiger partial charge in [0.2, 0.25) is 5.91 Å². The monoisotopic (exact) mass is 218 g/mol. The van der Waals surface area contributed by atoms with Crippen molar-refractivity contribution in [3.05, 3.63) is 24.0 Å². The van der Waals surface area contributed by atoms with Crippen LogP contribution in [0.5, 0.6) is 0 Å². The molecule has 0 aliphatic rings. The second-order valence-corrected chi connectivity index (χ2v) is 3.36. The Bertz CT molecular complexity index is 411. The molecule has 0 aromatic carbocycles. The third kappa shape index (κ3) is 3.24. The van der Waals surface area contributed by atoms with Crippen molar-refractivity contribution in [3.8, 4) is 6.07 Å². The van der Waals surface area contributed by atoms with Crippen LogP contribution in [0.1, 0.15) is 12.1 Å². The summed E-state index contributed by atoms with van der Waals surface area (Å²) in [5, 5.41) is 11.3. The molecule has 1 rings (SSSR count). The number of aromatic nitrogens is 1. The maximum Gasteiger partial charge on any atom is 0.221 e. The number of nitriles is 1. The highest BCUT2D eigenvalue weighted by molar-refractivity contribution is 5.76. The van der Waals surface area contributed by atoms with E-state index in [1.165, 1.54) is 0 Å². The Morgan fingerprint density at radius 3 is 3.06 bits per heavy atom. The molecule has 0 aliphatic carbocycles. The quantitative estimate of drug-likeness (QED) is 0.800. The number of amides is 1. The molecule has 5 nitrogen and oxygen atoms in total. The Morgan fingerprint density at radius 2 is 2.44 bits per heavy atom. The minimum atomic E-state index is 0.00131. The molecule has 0 spiro atoms. The molecule has 0 fully saturated rings. The van der Waals surface area contributed by atoms with Crippen LogP contribution in [0.15, 0.2) is 18.3 Å². The van der Waals surface area contributed by atoms with Crippen LogP contribution in [0.3, 0.4) is 0 Å². The fourth-order valence-corrected chi connectivity index (χ4v) is 1.24. The highest BCUT2D eigenvalue weighted by Gasteiger charge is 2.04. The first-order chi connectivity index (χ1) is 7.67. The Labute approximate surface area is 94.7 Å². The van der Waals surface area contributed by atoms with E-state index in [4.69, 9.17) is 5.26 Å². The van der Waals surface area contributed by atoms with Crippen LogP contribution in [0.2, 0.25) is 0 Å². The second kappa shape index (κ2) is 5.71. The Kier molecular flexibility index (Phi) is 4.28. The van der Waals surface area contributed by atoms with Gasteiger partial charge in [0.25, 0.3) is 0 Å². The highest BCUT2D eigenvalue weighted by Crippen LogP contribution is 2.12. The number of carbonyl (C=O) groups excluding carboxylic acids is 1. The van der Waals surface area contributed by atoms with E-state index in [1.807, 2.05) is 24.1 Å². The average molecular weight is 218 g/mol. The van der Waals surface area contributed by atoms with Gasteiger partial charge >= 0.3 is 0 Å². The molecule has 1 amide bonds. The third-order valence-corrected chi connectivity index (χ3v) is 2.25. The van der Waals surface area contributed by atoms with E-state index in [2.05, 4.69) is 10.3 Å². The zero-order valence-corrected chi connectivity index (χ0v) is 9.40. The number of carbonyl (C=O) groups is 1. The van der Waals surface area contributed by atoms with E-state index in [0.717, 1.165) is 5.69 Å². The second-order valence-electron chi connectivity index (χ2n) is 3.36. The molecular weight excluding hydrogens is 204 g/mol. The summed E-state index contributed by atoms with van der Waals surface area (Å²) in [6.45, 7) is 0.606. The highest BCUT2D eigenvalue weighted by atomic mass is 16.1. The number of pyridine rings is 1. The molecule has 1 N–H and O–H groups in total. The third-order valence-electron chi connectivity index (χ3n) is 2.25. The standard InChI is InChI=1S/C11H14N4O/c1-13-11(16)4-6-15(2)10-3-5-14-9(7-10)8-12/h3,5,7H,4,6H2,1-2H3,(H,13,16). The van der Waals surface area contributed by atoms with Gasteiger partial charge in [-0.25, -0.2) is 4.98 Å². The molecule has 1 aromatic rings. The van der Waals surface area contributed by atoms with Gasteiger partial charge < -0.3 is 10.2 Å². The molecule has 0 radical (unpaired) electrons. The van der Waals surface area contributed by atoms with Gasteiger partial charge in [-0.15, -0.1) is 0 Å². The summed E-state index contributed by atoms with van der Waals surface area (Å²) in [6, 6.07) is 5.49. The first-order valence-corrected chi connectivity index (χ1v) is 4.95. The van der Waals surface area contributed by atoms with E-state index >= 15 is 0 Å². The van der Waals surface area contributed by atoms with Crippen LogP contribution >= 0.6 is 0 Å². The van der Waals surface area contributed by atoms with Crippen LogP contribution in [0.25, 0.3) is 0 Å². The molecular formula is C11H14N4O. The predicted octanol–water partition coefficient (Wildman–Crippen LogP) is 0.526. The van der Waals surface area contributed by atoms with Gasteiger partial charge in [-0.1, -0.05) is 0 Å². The van der Waals surface area contributed by atoms with Crippen molar-refractivity contribution in [2.24, 2.45) is 0 Å². The SMILES string of the molecule is CNC(=O)CCN(C)c1ccnc(C#N)c1. The van der Waals surface area contributed by atoms with Gasteiger partial charge in [-0.3, -0.25) is 4.79 Å². The van der Waals surface area contributed by atoms with Crippen molar-refractivity contribution in [1.29, 1.82) is 5.26 Å². The van der Waals surface area contributed by atoms with Gasteiger partial charge in [0, 0.05) is 38.9 Å². The van der Waals surface area contributed by atoms with Crippen molar-refractivity contribution in [1.82, 2.24) is 10.3 Å². The average Bonchev–Trinajstić information content (AvgIpc) is 2.35. The number of nitrogens with zero attached hydrogens (tertiary/aromatic N) is 3. The van der Waals surface area contributed by atoms with Gasteiger partial charge in [-0.2, -0.15) is 5.26 Å². The predicted molar refractivity (Wildman–Crippen MR) is 60.9 cm³/mol. The van der Waals surface area contributed by atoms with Gasteiger partial charge in [-0.05, 0) is 12.1 Å². The minimum Gasteiger partial charge on any atom is -0.374 e. The molecule has 1 aromatic heterocycles. The summed E-state index contributed by atoms with van der Waals surface area (Å²) in [4.78, 5) is 16.9. The van der Waals surface area contributed by atoms with Gasteiger partial charge in [0.1, 0.15) is 11.8 Å². The van der Waals surface area contributed by atoms with Crippen molar-refractivity contribution < 1.29 is 4.79 Å². The fraction of sp³-hybridized carbons (Fsp3) is 0.364. The molecule has 16 heavy (non-hydrogen) atoms. The maximum atomic E-state index is 11.1. The lowest BCUT2D eigenvalue weighted by Gasteiger charge is -2.18. The summed E-state index contributed by atoms with van der Waals surface area (Å²) in [6.07, 6.45) is 2.02. The number of hydrogen-bond acceptors (Lipinski definition) is 4. The van der Waals surface area contributed by atoms with Gasteiger partial charge in [0.05, 0.1) is 0 Å². The number of hydrogen-bond donors (Lipinski definition) is 1. The van der Waals surface area contributed by atoms with E-state index < -0.39 is 0 Å². The van der Waals surface area contributed by atoms with Crippen LogP contribution in [0, 0.1) is 11.3 Å². The largest absolute Gasteiger partial charge is 0.374 e. The molecule has 0 saturated heterocycles. The number of nitrogens with one attached hydrogen (secondary N) is 1. The van der Waals surface area contributed by atoms with Crippen LogP contribution in [-0.2, 0) is 4.79 Å². The van der Waals surface area contributed by atoms with Crippen LogP contribution in [0.4, 0.5) is 5.69 Å². The first kappa shape index (κ1) is 12.0. The number of anilines is 1. The lowest BCUT2D eigenvalue weighted by molar-refractivity contribution is -0.120. The van der Waals surface area contributed by atoms with E-state index in [9.17, 15) is 4.79 Å². The first-order valence-electron chi connectivity index (χ1n) is 4.95. The zero-order valence-electron chi connectivity index (χ0n) is 9.40. The summed E-state index contributed by atoms with van der Waals surface area (Å²) in [5.41, 5.74) is 1.26. The van der Waals surface area contributed by atoms with E-state index in [-0.39, 0.29) is 5.91 Å². The summed E-state index contributed by atoms with van der Waals surface area (Å²) in [5.74, 6) is 0.00131. The number of rotatable bonds is 4. The lowest BCUT2D eigenvalue weighted by Crippen LogP contribution is -2.26. The topological polar surface area (TPSA) is 69.0 Å². The summed E-state index contributed by atoms with van der Waals surface area (Å²) in [7, 11) is 3.49. The van der Waals surface area contributed by atoms with Crippen LogP contribution in [-0.4, -0.2) is 31.5 Å². The fourth-order valence-electron chi connectivity index (χ4n) is 1.24. The normalized spacial score (nSPS) is 9.31. The molecule has 0 saturated carbocycles. The van der Waals surface area contributed by atoms with Crippen molar-refractivity contribution in [2.75, 3.05) is 25.5 Å². The summed E-state index contributed by atoms with van der Waals surface area (Å²) >= 11 is 0.